The molecule has 1 heterocycles. The summed E-state index contributed by atoms with van der Waals surface area (Å²) in [6.45, 7) is 1.56. The fourth-order valence-electron chi connectivity index (χ4n) is 4.29. The summed E-state index contributed by atoms with van der Waals surface area (Å²) in [6.07, 6.45) is 8.04. The number of benzene rings is 1. The Bertz CT molecular complexity index is 659. The minimum atomic E-state index is -0.794. The molecule has 0 unspecified atom stereocenters. The fourth-order valence-corrected chi connectivity index (χ4v) is 4.29. The standard InChI is InChI=1S/C21H30N2O3/c1-22(15-21(25)26)19-7-4-11-23(12-10-19)20(24)14-16-8-9-17-5-2-3-6-18(17)13-16/h8-9,13,19H,2-7,10-12,14-15H2,1H3,(H,25,26)/t19-/m0/s1. The highest BCUT2D eigenvalue weighted by atomic mass is 16.4. The highest BCUT2D eigenvalue weighted by Gasteiger charge is 2.24. The van der Waals surface area contributed by atoms with Crippen LogP contribution in [0.2, 0.25) is 0 Å². The van der Waals surface area contributed by atoms with Crippen LogP contribution < -0.4 is 0 Å². The maximum atomic E-state index is 12.8. The molecule has 1 aliphatic carbocycles. The van der Waals surface area contributed by atoms with Gasteiger partial charge in [0.25, 0.3) is 0 Å². The number of aryl methyl sites for hydroxylation is 2. The third kappa shape index (κ3) is 4.85. The number of likely N-dealkylation sites (tertiary alicyclic amines) is 1. The summed E-state index contributed by atoms with van der Waals surface area (Å²) in [7, 11) is 1.86. The van der Waals surface area contributed by atoms with E-state index in [2.05, 4.69) is 18.2 Å². The maximum Gasteiger partial charge on any atom is 0.317 e. The number of hydrogen-bond acceptors (Lipinski definition) is 3. The van der Waals surface area contributed by atoms with Crippen molar-refractivity contribution in [3.8, 4) is 0 Å². The highest BCUT2D eigenvalue weighted by molar-refractivity contribution is 5.79. The van der Waals surface area contributed by atoms with Crippen molar-refractivity contribution in [2.45, 2.75) is 57.4 Å². The van der Waals surface area contributed by atoms with Gasteiger partial charge in [0.05, 0.1) is 13.0 Å². The Labute approximate surface area is 156 Å². The third-order valence-electron chi connectivity index (χ3n) is 5.83. The van der Waals surface area contributed by atoms with Gasteiger partial charge in [-0.15, -0.1) is 0 Å². The number of carbonyl (C=O) groups is 2. The average molecular weight is 358 g/mol. The van der Waals surface area contributed by atoms with Gasteiger partial charge >= 0.3 is 5.97 Å². The molecule has 0 radical (unpaired) electrons. The molecule has 0 aromatic heterocycles. The van der Waals surface area contributed by atoms with Crippen LogP contribution in [0.15, 0.2) is 18.2 Å². The van der Waals surface area contributed by atoms with Gasteiger partial charge in [-0.3, -0.25) is 14.5 Å². The van der Waals surface area contributed by atoms with Gasteiger partial charge in [-0.25, -0.2) is 0 Å². The third-order valence-corrected chi connectivity index (χ3v) is 5.83. The van der Waals surface area contributed by atoms with Crippen LogP contribution in [0, 0.1) is 0 Å². The molecule has 3 rings (SSSR count). The zero-order chi connectivity index (χ0) is 18.5. The molecule has 1 aromatic carbocycles. The number of rotatable bonds is 5. The van der Waals surface area contributed by atoms with Crippen LogP contribution in [0.5, 0.6) is 0 Å². The second-order valence-electron chi connectivity index (χ2n) is 7.76. The van der Waals surface area contributed by atoms with E-state index in [1.54, 1.807) is 0 Å². The number of carbonyl (C=O) groups excluding carboxylic acids is 1. The van der Waals surface area contributed by atoms with Gasteiger partial charge in [0.2, 0.25) is 5.91 Å². The van der Waals surface area contributed by atoms with Gasteiger partial charge in [0.1, 0.15) is 0 Å². The van der Waals surface area contributed by atoms with E-state index in [4.69, 9.17) is 5.11 Å². The molecule has 5 nitrogen and oxygen atoms in total. The number of nitrogens with zero attached hydrogens (tertiary/aromatic N) is 2. The van der Waals surface area contributed by atoms with Crippen molar-refractivity contribution in [2.24, 2.45) is 0 Å². The van der Waals surface area contributed by atoms with Gasteiger partial charge in [0, 0.05) is 19.1 Å². The van der Waals surface area contributed by atoms with E-state index in [0.29, 0.717) is 6.42 Å². The molecule has 2 aliphatic rings. The number of fused-ring (bicyclic) bond motifs is 1. The molecular weight excluding hydrogens is 328 g/mol. The van der Waals surface area contributed by atoms with Crippen molar-refractivity contribution >= 4 is 11.9 Å². The first-order valence-electron chi connectivity index (χ1n) is 9.83. The fraction of sp³-hybridized carbons (Fsp3) is 0.619. The summed E-state index contributed by atoms with van der Waals surface area (Å²) in [5, 5.41) is 8.97. The molecule has 0 spiro atoms. The van der Waals surface area contributed by atoms with Crippen molar-refractivity contribution in [3.63, 3.8) is 0 Å². The number of likely N-dealkylation sites (N-methyl/N-ethyl adjacent to an activating group) is 1. The Morgan fingerprint density at radius 2 is 1.88 bits per heavy atom. The van der Waals surface area contributed by atoms with Crippen LogP contribution in [-0.4, -0.2) is 59.5 Å². The van der Waals surface area contributed by atoms with Crippen LogP contribution in [-0.2, 0) is 28.9 Å². The molecule has 26 heavy (non-hydrogen) atoms. The predicted octanol–water partition coefficient (Wildman–Crippen LogP) is 2.51. The van der Waals surface area contributed by atoms with Crippen molar-refractivity contribution < 1.29 is 14.7 Å². The molecule has 0 bridgehead atoms. The number of amides is 1. The minimum Gasteiger partial charge on any atom is -0.480 e. The number of carboxylic acid groups (broad SMARTS) is 1. The van der Waals surface area contributed by atoms with E-state index in [-0.39, 0.29) is 18.5 Å². The second kappa shape index (κ2) is 8.67. The summed E-state index contributed by atoms with van der Waals surface area (Å²) < 4.78 is 0. The molecule has 1 amide bonds. The average Bonchev–Trinajstić information content (AvgIpc) is 2.87. The van der Waals surface area contributed by atoms with Crippen LogP contribution in [0.25, 0.3) is 0 Å². The minimum absolute atomic E-state index is 0.0632. The Morgan fingerprint density at radius 1 is 1.12 bits per heavy atom. The topological polar surface area (TPSA) is 60.9 Å². The molecule has 142 valence electrons. The number of hydrogen-bond donors (Lipinski definition) is 1. The SMILES string of the molecule is CN(CC(=O)O)[C@H]1CCCN(C(=O)Cc2ccc3c(c2)CCCC3)CC1. The lowest BCUT2D eigenvalue weighted by Gasteiger charge is -2.25. The summed E-state index contributed by atoms with van der Waals surface area (Å²) >= 11 is 0. The lowest BCUT2D eigenvalue weighted by Crippen LogP contribution is -2.37. The molecule has 0 saturated carbocycles. The zero-order valence-corrected chi connectivity index (χ0v) is 15.7. The van der Waals surface area contributed by atoms with E-state index in [1.807, 2.05) is 16.8 Å². The Hall–Kier alpha value is -1.88. The van der Waals surface area contributed by atoms with Gasteiger partial charge < -0.3 is 10.0 Å². The zero-order valence-electron chi connectivity index (χ0n) is 15.7. The van der Waals surface area contributed by atoms with E-state index in [1.165, 1.54) is 30.4 Å². The molecule has 1 fully saturated rings. The van der Waals surface area contributed by atoms with E-state index < -0.39 is 5.97 Å². The van der Waals surface area contributed by atoms with Gasteiger partial charge in [-0.1, -0.05) is 18.2 Å². The van der Waals surface area contributed by atoms with Crippen molar-refractivity contribution in [2.75, 3.05) is 26.7 Å². The Kier molecular flexibility index (Phi) is 6.30. The summed E-state index contributed by atoms with van der Waals surface area (Å²) in [4.78, 5) is 27.5. The monoisotopic (exact) mass is 358 g/mol. The summed E-state index contributed by atoms with van der Waals surface area (Å²) in [5.41, 5.74) is 4.00. The molecule has 1 aliphatic heterocycles. The summed E-state index contributed by atoms with van der Waals surface area (Å²) in [5.74, 6) is -0.598. The molecule has 1 N–H and O–H groups in total. The quantitative estimate of drug-likeness (QED) is 0.879. The van der Waals surface area contributed by atoms with Crippen LogP contribution >= 0.6 is 0 Å². The lowest BCUT2D eigenvalue weighted by molar-refractivity contribution is -0.138. The first kappa shape index (κ1) is 18.9. The predicted molar refractivity (Wildman–Crippen MR) is 101 cm³/mol. The molecular formula is C21H30N2O3. The molecule has 1 atom stereocenters. The first-order valence-corrected chi connectivity index (χ1v) is 9.83. The highest BCUT2D eigenvalue weighted by Crippen LogP contribution is 2.23. The van der Waals surface area contributed by atoms with E-state index in [0.717, 1.165) is 44.3 Å². The van der Waals surface area contributed by atoms with E-state index in [9.17, 15) is 9.59 Å². The normalized spacial score (nSPS) is 20.5. The molecule has 1 saturated heterocycles. The van der Waals surface area contributed by atoms with Gasteiger partial charge in [0.15, 0.2) is 0 Å². The summed E-state index contributed by atoms with van der Waals surface area (Å²) in [6, 6.07) is 6.79. The Balaban J connectivity index is 1.56. The lowest BCUT2D eigenvalue weighted by atomic mass is 9.90. The van der Waals surface area contributed by atoms with Gasteiger partial charge in [-0.05, 0) is 68.7 Å². The van der Waals surface area contributed by atoms with Crippen LogP contribution in [0.4, 0.5) is 0 Å². The Morgan fingerprint density at radius 3 is 2.65 bits per heavy atom. The molecule has 5 heteroatoms. The van der Waals surface area contributed by atoms with Crippen molar-refractivity contribution in [3.05, 3.63) is 34.9 Å². The van der Waals surface area contributed by atoms with Crippen molar-refractivity contribution in [1.29, 1.82) is 0 Å². The number of aliphatic carboxylic acids is 1. The van der Waals surface area contributed by atoms with Gasteiger partial charge in [-0.2, -0.15) is 0 Å². The van der Waals surface area contributed by atoms with Crippen LogP contribution in [0.3, 0.4) is 0 Å². The van der Waals surface area contributed by atoms with E-state index >= 15 is 0 Å². The van der Waals surface area contributed by atoms with Crippen molar-refractivity contribution in [1.82, 2.24) is 9.80 Å². The first-order chi connectivity index (χ1) is 12.5. The molecule has 1 aromatic rings. The smallest absolute Gasteiger partial charge is 0.317 e. The maximum absolute atomic E-state index is 12.8. The second-order valence-corrected chi connectivity index (χ2v) is 7.76. The number of carboxylic acids is 1. The largest absolute Gasteiger partial charge is 0.480 e. The van der Waals surface area contributed by atoms with Crippen LogP contribution in [0.1, 0.15) is 48.8 Å².